The topological polar surface area (TPSA) is 35.2 Å². The van der Waals surface area contributed by atoms with E-state index in [0.29, 0.717) is 5.92 Å². The van der Waals surface area contributed by atoms with Crippen LogP contribution in [0.2, 0.25) is 0 Å². The maximum atomic E-state index is 6.33. The van der Waals surface area contributed by atoms with E-state index >= 15 is 0 Å². The van der Waals surface area contributed by atoms with E-state index in [9.17, 15) is 0 Å². The van der Waals surface area contributed by atoms with Crippen LogP contribution >= 0.6 is 12.4 Å². The van der Waals surface area contributed by atoms with Crippen molar-refractivity contribution < 1.29 is 4.74 Å². The second-order valence-electron chi connectivity index (χ2n) is 7.27. The lowest BCUT2D eigenvalue weighted by Gasteiger charge is -2.27. The summed E-state index contributed by atoms with van der Waals surface area (Å²) < 4.78 is 6.31. The van der Waals surface area contributed by atoms with Gasteiger partial charge in [-0.15, -0.1) is 12.4 Å². The third-order valence-electron chi connectivity index (χ3n) is 4.00. The van der Waals surface area contributed by atoms with Gasteiger partial charge in [-0.2, -0.15) is 0 Å². The normalized spacial score (nSPS) is 12.6. The smallest absolute Gasteiger partial charge is 0.123 e. The predicted molar refractivity (Wildman–Crippen MR) is 105 cm³/mol. The molecule has 0 amide bonds. The molecule has 0 aliphatic rings. The first-order valence-corrected chi connectivity index (χ1v) is 8.42. The average Bonchev–Trinajstić information content (AvgIpc) is 2.48. The molecule has 2 rings (SSSR count). The average molecular weight is 348 g/mol. The molecule has 0 aliphatic carbocycles. The second-order valence-corrected chi connectivity index (χ2v) is 7.27. The van der Waals surface area contributed by atoms with Crippen LogP contribution in [-0.2, 0) is 12.0 Å². The van der Waals surface area contributed by atoms with Crippen LogP contribution in [0.4, 0.5) is 0 Å². The first kappa shape index (κ1) is 20.5. The number of para-hydroxylation sites is 1. The first-order chi connectivity index (χ1) is 10.8. The Hall–Kier alpha value is -1.51. The standard InChI is InChI=1S/C21H29NO.ClH/c1-15(2)14-17-10-6-9-13-20(17)23-16(3)18-11-7-8-12-19(18)21(4,5)22;/h6-13,15-16H,14,22H2,1-5H3;1H. The summed E-state index contributed by atoms with van der Waals surface area (Å²) in [6.07, 6.45) is 0.981. The molecular formula is C21H30ClNO. The van der Waals surface area contributed by atoms with Crippen molar-refractivity contribution in [2.75, 3.05) is 0 Å². The molecule has 0 bridgehead atoms. The Kier molecular flexibility index (Phi) is 7.31. The Balaban J connectivity index is 0.00000288. The lowest BCUT2D eigenvalue weighted by molar-refractivity contribution is 0.221. The van der Waals surface area contributed by atoms with Crippen molar-refractivity contribution in [1.29, 1.82) is 0 Å². The molecule has 0 saturated carbocycles. The van der Waals surface area contributed by atoms with Gasteiger partial charge in [-0.05, 0) is 55.9 Å². The molecule has 132 valence electrons. The van der Waals surface area contributed by atoms with Crippen LogP contribution in [0.1, 0.15) is 57.4 Å². The second kappa shape index (κ2) is 8.55. The van der Waals surface area contributed by atoms with Crippen LogP contribution < -0.4 is 10.5 Å². The maximum absolute atomic E-state index is 6.33. The van der Waals surface area contributed by atoms with Gasteiger partial charge < -0.3 is 10.5 Å². The molecule has 0 aliphatic heterocycles. The lowest BCUT2D eigenvalue weighted by atomic mass is 9.89. The van der Waals surface area contributed by atoms with Crippen molar-refractivity contribution in [1.82, 2.24) is 0 Å². The van der Waals surface area contributed by atoms with Crippen molar-refractivity contribution in [2.24, 2.45) is 11.7 Å². The molecular weight excluding hydrogens is 318 g/mol. The van der Waals surface area contributed by atoms with E-state index in [1.807, 2.05) is 32.0 Å². The van der Waals surface area contributed by atoms with Crippen LogP contribution in [0.5, 0.6) is 5.75 Å². The minimum atomic E-state index is -0.383. The Morgan fingerprint density at radius 2 is 1.54 bits per heavy atom. The zero-order valence-electron chi connectivity index (χ0n) is 15.4. The summed E-state index contributed by atoms with van der Waals surface area (Å²) in [6.45, 7) is 10.6. The largest absolute Gasteiger partial charge is 0.486 e. The van der Waals surface area contributed by atoms with Gasteiger partial charge in [0.05, 0.1) is 0 Å². The number of hydrogen-bond donors (Lipinski definition) is 1. The molecule has 0 saturated heterocycles. The number of halogens is 1. The first-order valence-electron chi connectivity index (χ1n) is 8.42. The summed E-state index contributed by atoms with van der Waals surface area (Å²) in [7, 11) is 0. The van der Waals surface area contributed by atoms with Crippen molar-refractivity contribution >= 4 is 12.4 Å². The van der Waals surface area contributed by atoms with E-state index in [0.717, 1.165) is 23.3 Å². The Bertz CT molecular complexity index is 646. The minimum absolute atomic E-state index is 0. The molecule has 1 unspecified atom stereocenters. The van der Waals surface area contributed by atoms with Crippen molar-refractivity contribution in [2.45, 2.75) is 52.7 Å². The summed E-state index contributed by atoms with van der Waals surface area (Å²) in [6, 6.07) is 16.6. The summed E-state index contributed by atoms with van der Waals surface area (Å²) >= 11 is 0. The zero-order valence-corrected chi connectivity index (χ0v) is 16.2. The lowest BCUT2D eigenvalue weighted by Crippen LogP contribution is -2.30. The van der Waals surface area contributed by atoms with Gasteiger partial charge in [-0.25, -0.2) is 0 Å². The van der Waals surface area contributed by atoms with Gasteiger partial charge >= 0.3 is 0 Å². The van der Waals surface area contributed by atoms with E-state index in [1.54, 1.807) is 0 Å². The summed E-state index contributed by atoms with van der Waals surface area (Å²) in [5.41, 5.74) is 9.49. The quantitative estimate of drug-likeness (QED) is 0.733. The number of nitrogens with two attached hydrogens (primary N) is 1. The molecule has 1 atom stereocenters. The Labute approximate surface area is 152 Å². The summed E-state index contributed by atoms with van der Waals surface area (Å²) in [5.74, 6) is 1.57. The van der Waals surface area contributed by atoms with E-state index in [-0.39, 0.29) is 24.0 Å². The zero-order chi connectivity index (χ0) is 17.0. The highest BCUT2D eigenvalue weighted by atomic mass is 35.5. The number of rotatable bonds is 6. The minimum Gasteiger partial charge on any atom is -0.486 e. The van der Waals surface area contributed by atoms with Gasteiger partial charge in [-0.3, -0.25) is 0 Å². The maximum Gasteiger partial charge on any atom is 0.123 e. The fourth-order valence-electron chi connectivity index (χ4n) is 2.92. The fourth-order valence-corrected chi connectivity index (χ4v) is 2.92. The van der Waals surface area contributed by atoms with Gasteiger partial charge in [0.25, 0.3) is 0 Å². The van der Waals surface area contributed by atoms with Gasteiger partial charge in [-0.1, -0.05) is 56.3 Å². The van der Waals surface area contributed by atoms with Crippen molar-refractivity contribution in [3.63, 3.8) is 0 Å². The highest BCUT2D eigenvalue weighted by Crippen LogP contribution is 2.31. The van der Waals surface area contributed by atoms with E-state index in [2.05, 4.69) is 51.1 Å². The van der Waals surface area contributed by atoms with Crippen LogP contribution in [0.15, 0.2) is 48.5 Å². The van der Waals surface area contributed by atoms with Gasteiger partial charge in [0, 0.05) is 5.54 Å². The van der Waals surface area contributed by atoms with E-state index < -0.39 is 0 Å². The molecule has 0 fully saturated rings. The summed E-state index contributed by atoms with van der Waals surface area (Å²) in [5, 5.41) is 0. The van der Waals surface area contributed by atoms with Gasteiger partial charge in [0.1, 0.15) is 11.9 Å². The predicted octanol–water partition coefficient (Wildman–Crippen LogP) is 5.64. The monoisotopic (exact) mass is 347 g/mol. The molecule has 0 radical (unpaired) electrons. The van der Waals surface area contributed by atoms with Gasteiger partial charge in [0.2, 0.25) is 0 Å². The van der Waals surface area contributed by atoms with Crippen molar-refractivity contribution in [3.8, 4) is 5.75 Å². The highest BCUT2D eigenvalue weighted by Gasteiger charge is 2.22. The van der Waals surface area contributed by atoms with E-state index in [4.69, 9.17) is 10.5 Å². The summed E-state index contributed by atoms with van der Waals surface area (Å²) in [4.78, 5) is 0. The van der Waals surface area contributed by atoms with Crippen LogP contribution in [0.3, 0.4) is 0 Å². The van der Waals surface area contributed by atoms with Crippen LogP contribution in [0.25, 0.3) is 0 Å². The molecule has 0 heterocycles. The molecule has 0 aromatic heterocycles. The number of ether oxygens (including phenoxy) is 1. The third kappa shape index (κ3) is 5.25. The molecule has 2 aromatic rings. The van der Waals surface area contributed by atoms with Crippen LogP contribution in [0, 0.1) is 5.92 Å². The molecule has 2 N–H and O–H groups in total. The van der Waals surface area contributed by atoms with Crippen molar-refractivity contribution in [3.05, 3.63) is 65.2 Å². The Morgan fingerprint density at radius 1 is 0.958 bits per heavy atom. The molecule has 0 spiro atoms. The Morgan fingerprint density at radius 3 is 2.17 bits per heavy atom. The molecule has 3 heteroatoms. The number of benzene rings is 2. The molecule has 24 heavy (non-hydrogen) atoms. The molecule has 2 nitrogen and oxygen atoms in total. The SMILES string of the molecule is CC(C)Cc1ccccc1OC(C)c1ccccc1C(C)(C)N.Cl. The van der Waals surface area contributed by atoms with E-state index in [1.165, 1.54) is 5.56 Å². The van der Waals surface area contributed by atoms with Crippen LogP contribution in [-0.4, -0.2) is 0 Å². The third-order valence-corrected chi connectivity index (χ3v) is 4.00. The highest BCUT2D eigenvalue weighted by molar-refractivity contribution is 5.85. The number of hydrogen-bond acceptors (Lipinski definition) is 2. The fraction of sp³-hybridized carbons (Fsp3) is 0.429. The molecule has 2 aromatic carbocycles. The van der Waals surface area contributed by atoms with Gasteiger partial charge in [0.15, 0.2) is 0 Å².